The van der Waals surface area contributed by atoms with Crippen LogP contribution in [0.4, 0.5) is 0 Å². The summed E-state index contributed by atoms with van der Waals surface area (Å²) in [6, 6.07) is 29.1. The Bertz CT molecular complexity index is 2170. The van der Waals surface area contributed by atoms with E-state index in [2.05, 4.69) is 60.4 Å². The number of hydrogen-bond donors (Lipinski definition) is 1. The fourth-order valence-electron chi connectivity index (χ4n) is 6.99. The van der Waals surface area contributed by atoms with E-state index in [1.807, 2.05) is 43.3 Å². The molecule has 1 aliphatic carbocycles. The van der Waals surface area contributed by atoms with E-state index in [1.54, 1.807) is 13.8 Å². The molecule has 2 aromatic heterocycles. The summed E-state index contributed by atoms with van der Waals surface area (Å²) >= 11 is 5.56. The maximum atomic E-state index is 11.3. The van der Waals surface area contributed by atoms with Crippen LogP contribution in [0.2, 0.25) is 0 Å². The average molecular weight is 767 g/mol. The summed E-state index contributed by atoms with van der Waals surface area (Å²) in [5.74, 6) is 2.89. The standard InChI is InChI=1S/C28H35NO5.C17H16ClNO2/c1-4-25-24(29-26(34-25)23-13-12-21-10-5-6-11-22(21)15-23)18-32-16-19-8-7-9-20(14-19)17-33-28(2,3)27(30)31;1-2-16-15(10-20-11-18)19-17(21-16)14-8-7-12-5-3-4-6-13(12)9-14/h5-6,10-13,15,19-20H,4,7-9,14,16-18H2,1-3H3,(H,30,31);3-9H,2,10-11H2,1H3/t19-,20+;/m0./s1. The van der Waals surface area contributed by atoms with Crippen LogP contribution in [0.1, 0.15) is 76.3 Å². The molecule has 0 aliphatic heterocycles. The number of rotatable bonds is 15. The molecular weight excluding hydrogens is 716 g/mol. The van der Waals surface area contributed by atoms with E-state index >= 15 is 0 Å². The second-order valence-corrected chi connectivity index (χ2v) is 14.8. The van der Waals surface area contributed by atoms with Crippen LogP contribution < -0.4 is 0 Å². The maximum Gasteiger partial charge on any atom is 0.335 e. The minimum atomic E-state index is -1.14. The van der Waals surface area contributed by atoms with Gasteiger partial charge in [0.1, 0.15) is 29.0 Å². The Labute approximate surface area is 328 Å². The number of halogens is 1. The van der Waals surface area contributed by atoms with E-state index in [-0.39, 0.29) is 6.07 Å². The van der Waals surface area contributed by atoms with Gasteiger partial charge >= 0.3 is 5.97 Å². The van der Waals surface area contributed by atoms with Crippen molar-refractivity contribution in [2.24, 2.45) is 11.8 Å². The van der Waals surface area contributed by atoms with Gasteiger partial charge in [-0.3, -0.25) is 0 Å². The Morgan fingerprint density at radius 2 is 1.24 bits per heavy atom. The van der Waals surface area contributed by atoms with Crippen molar-refractivity contribution >= 4 is 39.1 Å². The first-order valence-electron chi connectivity index (χ1n) is 19.2. The van der Waals surface area contributed by atoms with E-state index in [0.29, 0.717) is 50.0 Å². The molecule has 7 rings (SSSR count). The number of alkyl halides is 1. The van der Waals surface area contributed by atoms with Crippen LogP contribution in [0.25, 0.3) is 44.5 Å². The van der Waals surface area contributed by atoms with Crippen LogP contribution in [0.3, 0.4) is 0 Å². The number of carboxylic acids is 1. The number of aromatic nitrogens is 2. The van der Waals surface area contributed by atoms with E-state index in [4.69, 9.17) is 39.6 Å². The third-order valence-corrected chi connectivity index (χ3v) is 10.3. The van der Waals surface area contributed by atoms with Crippen LogP contribution in [-0.2, 0) is 45.1 Å². The SMILES string of the molecule is CCc1oc(-c2ccc3ccccc3c2)nc1COCCl.CCc1oc(-c2ccc3ccccc3c2)nc1COC[C@H]1CCC[C@@H](COC(C)(C)C(=O)O)C1. The van der Waals surface area contributed by atoms with Gasteiger partial charge in [0.15, 0.2) is 5.60 Å². The summed E-state index contributed by atoms with van der Waals surface area (Å²) < 4.78 is 29.0. The van der Waals surface area contributed by atoms with Gasteiger partial charge in [0, 0.05) is 30.6 Å². The lowest BCUT2D eigenvalue weighted by Gasteiger charge is -2.31. The van der Waals surface area contributed by atoms with Gasteiger partial charge in [-0.25, -0.2) is 14.8 Å². The minimum absolute atomic E-state index is 0.154. The Morgan fingerprint density at radius 3 is 1.73 bits per heavy atom. The van der Waals surface area contributed by atoms with Crippen molar-refractivity contribution in [2.45, 2.75) is 85.0 Å². The molecule has 10 heteroatoms. The summed E-state index contributed by atoms with van der Waals surface area (Å²) in [6.07, 6.45) is 5.86. The highest BCUT2D eigenvalue weighted by molar-refractivity contribution is 6.17. The van der Waals surface area contributed by atoms with Crippen LogP contribution in [0.5, 0.6) is 0 Å². The average Bonchev–Trinajstić information content (AvgIpc) is 3.83. The smallest absolute Gasteiger partial charge is 0.335 e. The highest BCUT2D eigenvalue weighted by atomic mass is 35.5. The minimum Gasteiger partial charge on any atom is -0.479 e. The quantitative estimate of drug-likeness (QED) is 0.102. The van der Waals surface area contributed by atoms with Crippen molar-refractivity contribution < 1.29 is 32.9 Å². The molecule has 290 valence electrons. The third kappa shape index (κ3) is 10.4. The number of aliphatic carboxylic acids is 1. The number of oxazole rings is 2. The van der Waals surface area contributed by atoms with E-state index in [9.17, 15) is 9.90 Å². The van der Waals surface area contributed by atoms with Gasteiger partial charge in [0.25, 0.3) is 0 Å². The monoisotopic (exact) mass is 766 g/mol. The fraction of sp³-hybridized carbons (Fsp3) is 0.400. The van der Waals surface area contributed by atoms with Crippen molar-refractivity contribution in [2.75, 3.05) is 19.3 Å². The second kappa shape index (κ2) is 18.9. The molecular formula is C45H51ClN2O7. The molecule has 0 radical (unpaired) electrons. The summed E-state index contributed by atoms with van der Waals surface area (Å²) in [5, 5.41) is 14.0. The molecule has 2 atom stereocenters. The van der Waals surface area contributed by atoms with Gasteiger partial charge in [-0.1, -0.05) is 92.5 Å². The molecule has 1 aliphatic rings. The van der Waals surface area contributed by atoms with Crippen molar-refractivity contribution in [1.82, 2.24) is 9.97 Å². The zero-order valence-electron chi connectivity index (χ0n) is 32.2. The Hall–Kier alpha value is -4.54. The van der Waals surface area contributed by atoms with Crippen molar-refractivity contribution in [3.63, 3.8) is 0 Å². The molecule has 0 saturated heterocycles. The number of aryl methyl sites for hydroxylation is 2. The molecule has 0 bridgehead atoms. The lowest BCUT2D eigenvalue weighted by Crippen LogP contribution is -2.37. The van der Waals surface area contributed by atoms with Gasteiger partial charge in [0.2, 0.25) is 11.8 Å². The highest BCUT2D eigenvalue weighted by Gasteiger charge is 2.31. The molecule has 2 heterocycles. The van der Waals surface area contributed by atoms with E-state index in [0.717, 1.165) is 77.9 Å². The summed E-state index contributed by atoms with van der Waals surface area (Å²) in [5.41, 5.74) is 2.49. The Balaban J connectivity index is 0.000000209. The number of fused-ring (bicyclic) bond motifs is 2. The fourth-order valence-corrected chi connectivity index (χ4v) is 7.06. The maximum absolute atomic E-state index is 11.3. The molecule has 0 spiro atoms. The van der Waals surface area contributed by atoms with Crippen LogP contribution in [0.15, 0.2) is 93.8 Å². The van der Waals surface area contributed by atoms with Gasteiger partial charge in [-0.15, -0.1) is 0 Å². The molecule has 1 fully saturated rings. The summed E-state index contributed by atoms with van der Waals surface area (Å²) in [7, 11) is 0. The lowest BCUT2D eigenvalue weighted by molar-refractivity contribution is -0.163. The lowest BCUT2D eigenvalue weighted by atomic mass is 9.82. The Kier molecular flexibility index (Phi) is 13.8. The molecule has 0 unspecified atom stereocenters. The zero-order chi connectivity index (χ0) is 38.8. The molecule has 55 heavy (non-hydrogen) atoms. The van der Waals surface area contributed by atoms with Gasteiger partial charge in [0.05, 0.1) is 19.8 Å². The number of carboxylic acid groups (broad SMARTS) is 1. The molecule has 9 nitrogen and oxygen atoms in total. The third-order valence-electron chi connectivity index (χ3n) is 10.2. The number of benzene rings is 4. The van der Waals surface area contributed by atoms with Crippen LogP contribution in [0, 0.1) is 11.8 Å². The van der Waals surface area contributed by atoms with Crippen LogP contribution >= 0.6 is 11.6 Å². The molecule has 1 saturated carbocycles. The summed E-state index contributed by atoms with van der Waals surface area (Å²) in [6.45, 7) is 9.28. The predicted molar refractivity (Wildman–Crippen MR) is 216 cm³/mol. The van der Waals surface area contributed by atoms with Crippen molar-refractivity contribution in [3.05, 3.63) is 108 Å². The summed E-state index contributed by atoms with van der Waals surface area (Å²) in [4.78, 5) is 20.6. The highest BCUT2D eigenvalue weighted by Crippen LogP contribution is 2.32. The first-order valence-corrected chi connectivity index (χ1v) is 19.7. The normalized spacial score (nSPS) is 15.9. The molecule has 6 aromatic rings. The van der Waals surface area contributed by atoms with Crippen molar-refractivity contribution in [3.8, 4) is 22.9 Å². The van der Waals surface area contributed by atoms with Crippen molar-refractivity contribution in [1.29, 1.82) is 0 Å². The topological polar surface area (TPSA) is 117 Å². The Morgan fingerprint density at radius 1 is 0.745 bits per heavy atom. The van der Waals surface area contributed by atoms with E-state index in [1.165, 1.54) is 16.2 Å². The van der Waals surface area contributed by atoms with Gasteiger partial charge in [-0.2, -0.15) is 0 Å². The second-order valence-electron chi connectivity index (χ2n) is 14.6. The number of carbonyl (C=O) groups is 1. The first-order chi connectivity index (χ1) is 26.7. The number of ether oxygens (including phenoxy) is 3. The van der Waals surface area contributed by atoms with Crippen LogP contribution in [-0.4, -0.2) is 45.9 Å². The van der Waals surface area contributed by atoms with Gasteiger partial charge in [-0.05, 0) is 90.8 Å². The van der Waals surface area contributed by atoms with Gasteiger partial charge < -0.3 is 28.2 Å². The molecule has 0 amide bonds. The predicted octanol–water partition coefficient (Wildman–Crippen LogP) is 11.0. The zero-order valence-corrected chi connectivity index (χ0v) is 32.9. The number of hydrogen-bond acceptors (Lipinski definition) is 8. The largest absolute Gasteiger partial charge is 0.479 e. The van der Waals surface area contributed by atoms with E-state index < -0.39 is 11.6 Å². The first kappa shape index (κ1) is 40.1. The molecule has 4 aromatic carbocycles. The number of nitrogens with zero attached hydrogens (tertiary/aromatic N) is 2. The molecule has 1 N–H and O–H groups in total.